The molecule has 86 valence electrons. The van der Waals surface area contributed by atoms with E-state index in [0.717, 1.165) is 0 Å². The van der Waals surface area contributed by atoms with Crippen molar-refractivity contribution in [2.75, 3.05) is 12.5 Å². The maximum Gasteiger partial charge on any atom is 0.308 e. The lowest BCUT2D eigenvalue weighted by atomic mass is 10.2. The van der Waals surface area contributed by atoms with Gasteiger partial charge in [-0.3, -0.25) is 4.79 Å². The van der Waals surface area contributed by atoms with Gasteiger partial charge in [-0.2, -0.15) is 0 Å². The summed E-state index contributed by atoms with van der Waals surface area (Å²) in [6.07, 6.45) is 3.85. The highest BCUT2D eigenvalue weighted by molar-refractivity contribution is 6.83. The molecule has 0 aromatic heterocycles. The van der Waals surface area contributed by atoms with E-state index in [2.05, 4.69) is 6.58 Å². The van der Waals surface area contributed by atoms with Gasteiger partial charge in [-0.1, -0.05) is 44.8 Å². The van der Waals surface area contributed by atoms with E-state index in [-0.39, 0.29) is 18.1 Å². The lowest BCUT2D eigenvalue weighted by Crippen LogP contribution is -2.41. The second kappa shape index (κ2) is 6.58. The third kappa shape index (κ3) is 5.54. The van der Waals surface area contributed by atoms with Gasteiger partial charge in [-0.15, -0.1) is 0 Å². The van der Waals surface area contributed by atoms with Crippen LogP contribution in [0.15, 0.2) is 24.4 Å². The Hall–Kier alpha value is -0.873. The summed E-state index contributed by atoms with van der Waals surface area (Å²) in [6.45, 7) is 9.11. The molecule has 1 unspecified atom stereocenters. The Morgan fingerprint density at radius 3 is 2.60 bits per heavy atom. The second-order valence-electron chi connectivity index (χ2n) is 4.17. The zero-order valence-electron chi connectivity index (χ0n) is 9.69. The number of aliphatic hydroxyl groups is 1. The molecule has 0 saturated carbocycles. The van der Waals surface area contributed by atoms with Crippen molar-refractivity contribution < 1.29 is 14.6 Å². The lowest BCUT2D eigenvalue weighted by Gasteiger charge is -2.20. The van der Waals surface area contributed by atoms with Gasteiger partial charge < -0.3 is 9.84 Å². The summed E-state index contributed by atoms with van der Waals surface area (Å²) in [5, 5.41) is 9.25. The van der Waals surface area contributed by atoms with Crippen molar-refractivity contribution in [3.63, 3.8) is 0 Å². The zero-order valence-corrected chi connectivity index (χ0v) is 10.7. The van der Waals surface area contributed by atoms with Gasteiger partial charge in [0, 0.05) is 6.23 Å². The van der Waals surface area contributed by atoms with Crippen molar-refractivity contribution in [3.05, 3.63) is 24.4 Å². The summed E-state index contributed by atoms with van der Waals surface area (Å²) < 4.78 is 5.13. The minimum Gasteiger partial charge on any atom is -0.469 e. The Morgan fingerprint density at radius 1 is 1.60 bits per heavy atom. The van der Waals surface area contributed by atoms with Crippen molar-refractivity contribution in [1.82, 2.24) is 0 Å². The first-order chi connectivity index (χ1) is 6.95. The molecule has 0 amide bonds. The number of hydrogen-bond acceptors (Lipinski definition) is 3. The summed E-state index contributed by atoms with van der Waals surface area (Å²) in [4.78, 5) is 11.3. The zero-order chi connectivity index (χ0) is 11.9. The van der Waals surface area contributed by atoms with E-state index < -0.39 is 8.07 Å². The molecule has 0 aromatic rings. The third-order valence-electron chi connectivity index (χ3n) is 2.01. The summed E-state index contributed by atoms with van der Waals surface area (Å²) in [5.41, 5.74) is 1.92. The van der Waals surface area contributed by atoms with Crippen LogP contribution < -0.4 is 0 Å². The monoisotopic (exact) mass is 228 g/mol. The van der Waals surface area contributed by atoms with E-state index in [4.69, 9.17) is 4.74 Å². The Bertz CT molecular complexity index is 248. The van der Waals surface area contributed by atoms with Crippen LogP contribution in [0, 0.1) is 5.92 Å². The van der Waals surface area contributed by atoms with E-state index in [0.29, 0.717) is 6.23 Å². The minimum atomic E-state index is -1.99. The average molecular weight is 228 g/mol. The van der Waals surface area contributed by atoms with Crippen LogP contribution in [0.2, 0.25) is 6.55 Å². The maximum absolute atomic E-state index is 11.3. The molecule has 0 heterocycles. The molecule has 0 radical (unpaired) electrons. The van der Waals surface area contributed by atoms with Crippen molar-refractivity contribution in [3.8, 4) is 0 Å². The van der Waals surface area contributed by atoms with Gasteiger partial charge in [0.05, 0.1) is 12.1 Å². The van der Waals surface area contributed by atoms with E-state index in [1.807, 2.05) is 12.2 Å². The number of aliphatic hydroxyl groups excluding tert-OH is 1. The minimum absolute atomic E-state index is 0.0721. The molecule has 0 bridgehead atoms. The first-order valence-electron chi connectivity index (χ1n) is 5.03. The summed E-state index contributed by atoms with van der Waals surface area (Å²) in [5.74, 6) is -0.334. The highest BCUT2D eigenvalue weighted by Crippen LogP contribution is 2.07. The Kier molecular flexibility index (Phi) is 6.20. The summed E-state index contributed by atoms with van der Waals surface area (Å²) >= 11 is 0. The van der Waals surface area contributed by atoms with Gasteiger partial charge >= 0.3 is 5.97 Å². The van der Waals surface area contributed by atoms with E-state index >= 15 is 0 Å². The number of carbonyl (C=O) groups is 1. The molecular formula is C11H20O3Si. The van der Waals surface area contributed by atoms with E-state index in [9.17, 15) is 9.90 Å². The molecule has 1 atom stereocenters. The SMILES string of the molecule is C=C/C=C/[Si](C)(CO)COC(=O)C(C)C. The van der Waals surface area contributed by atoms with E-state index in [1.165, 1.54) is 0 Å². The van der Waals surface area contributed by atoms with Crippen LogP contribution in [0.25, 0.3) is 0 Å². The first-order valence-corrected chi connectivity index (χ1v) is 8.02. The van der Waals surface area contributed by atoms with Crippen molar-refractivity contribution in [1.29, 1.82) is 0 Å². The average Bonchev–Trinajstić information content (AvgIpc) is 2.22. The fourth-order valence-electron chi connectivity index (χ4n) is 0.849. The van der Waals surface area contributed by atoms with Gasteiger partial charge in [0.1, 0.15) is 8.07 Å². The largest absolute Gasteiger partial charge is 0.469 e. The molecular weight excluding hydrogens is 208 g/mol. The maximum atomic E-state index is 11.3. The number of rotatable bonds is 6. The number of esters is 1. The molecule has 0 aliphatic rings. The summed E-state index contributed by atoms with van der Waals surface area (Å²) in [7, 11) is -1.99. The number of hydrogen-bond donors (Lipinski definition) is 1. The molecule has 0 saturated heterocycles. The molecule has 0 rings (SSSR count). The molecule has 3 nitrogen and oxygen atoms in total. The molecule has 0 spiro atoms. The van der Waals surface area contributed by atoms with Crippen molar-refractivity contribution >= 4 is 14.0 Å². The van der Waals surface area contributed by atoms with Crippen LogP contribution in [0.3, 0.4) is 0 Å². The quantitative estimate of drug-likeness (QED) is 0.427. The number of carbonyl (C=O) groups excluding carboxylic acids is 1. The van der Waals surface area contributed by atoms with Crippen LogP contribution in [-0.2, 0) is 9.53 Å². The van der Waals surface area contributed by atoms with Gasteiger partial charge in [0.15, 0.2) is 0 Å². The highest BCUT2D eigenvalue weighted by atomic mass is 28.3. The Morgan fingerprint density at radius 2 is 2.20 bits per heavy atom. The van der Waals surface area contributed by atoms with Gasteiger partial charge in [0.25, 0.3) is 0 Å². The standard InChI is InChI=1S/C11H20O3Si/c1-5-6-7-15(4,8-12)9-14-11(13)10(2)3/h5-7,10,12H,1,8-9H2,2-4H3/b7-6+. The van der Waals surface area contributed by atoms with Crippen LogP contribution in [-0.4, -0.2) is 31.6 Å². The molecule has 4 heteroatoms. The summed E-state index contributed by atoms with van der Waals surface area (Å²) in [6, 6.07) is 0. The van der Waals surface area contributed by atoms with Gasteiger partial charge in [-0.05, 0) is 0 Å². The molecule has 0 aliphatic heterocycles. The molecule has 0 aliphatic carbocycles. The molecule has 0 fully saturated rings. The second-order valence-corrected chi connectivity index (χ2v) is 8.42. The molecule has 0 aromatic carbocycles. The van der Waals surface area contributed by atoms with Crippen LogP contribution >= 0.6 is 0 Å². The predicted octanol–water partition coefficient (Wildman–Crippen LogP) is 1.62. The Balaban J connectivity index is 4.26. The van der Waals surface area contributed by atoms with Gasteiger partial charge in [0.2, 0.25) is 0 Å². The fraction of sp³-hybridized carbons (Fsp3) is 0.545. The van der Waals surface area contributed by atoms with E-state index in [1.54, 1.807) is 26.0 Å². The van der Waals surface area contributed by atoms with Crippen LogP contribution in [0.5, 0.6) is 0 Å². The molecule has 1 N–H and O–H groups in total. The first kappa shape index (κ1) is 14.1. The van der Waals surface area contributed by atoms with Crippen molar-refractivity contribution in [2.45, 2.75) is 20.4 Å². The topological polar surface area (TPSA) is 46.5 Å². The number of ether oxygens (including phenoxy) is 1. The fourth-order valence-corrected chi connectivity index (χ4v) is 2.22. The third-order valence-corrected chi connectivity index (χ3v) is 4.53. The van der Waals surface area contributed by atoms with Crippen LogP contribution in [0.1, 0.15) is 13.8 Å². The molecule has 15 heavy (non-hydrogen) atoms. The highest BCUT2D eigenvalue weighted by Gasteiger charge is 2.25. The lowest BCUT2D eigenvalue weighted by molar-refractivity contribution is -0.145. The van der Waals surface area contributed by atoms with Gasteiger partial charge in [-0.25, -0.2) is 0 Å². The smallest absolute Gasteiger partial charge is 0.308 e. The predicted molar refractivity (Wildman–Crippen MR) is 63.8 cm³/mol. The van der Waals surface area contributed by atoms with Crippen LogP contribution in [0.4, 0.5) is 0 Å². The normalized spacial score (nSPS) is 15.3. The van der Waals surface area contributed by atoms with Crippen molar-refractivity contribution in [2.24, 2.45) is 5.92 Å². The number of allylic oxidation sites excluding steroid dienone is 2. The Labute approximate surface area is 92.5 Å².